The lowest BCUT2D eigenvalue weighted by Gasteiger charge is -2.32. The van der Waals surface area contributed by atoms with Gasteiger partial charge in [0.15, 0.2) is 0 Å². The number of hydrogen-bond acceptors (Lipinski definition) is 4. The Kier molecular flexibility index (Phi) is 11.2. The molecule has 0 aromatic heterocycles. The van der Waals surface area contributed by atoms with E-state index in [0.29, 0.717) is 16.6 Å². The topological polar surface area (TPSA) is 86.8 Å². The second-order valence-electron chi connectivity index (χ2n) is 8.91. The summed E-state index contributed by atoms with van der Waals surface area (Å²) in [4.78, 5) is 28.2. The molecule has 2 amide bonds. The fraction of sp³-hybridized carbons (Fsp3) is 0.286. The average Bonchev–Trinajstić information content (AvgIpc) is 2.91. The Morgan fingerprint density at radius 1 is 0.974 bits per heavy atom. The molecule has 0 heterocycles. The summed E-state index contributed by atoms with van der Waals surface area (Å²) in [6.07, 6.45) is 1.72. The largest absolute Gasteiger partial charge is 0.354 e. The van der Waals surface area contributed by atoms with E-state index in [1.54, 1.807) is 25.1 Å². The number of benzene rings is 3. The first-order chi connectivity index (χ1) is 18.5. The number of sulfonamides is 1. The molecule has 3 aromatic carbocycles. The minimum Gasteiger partial charge on any atom is -0.354 e. The van der Waals surface area contributed by atoms with Crippen LogP contribution >= 0.6 is 39.1 Å². The van der Waals surface area contributed by atoms with Gasteiger partial charge >= 0.3 is 0 Å². The molecule has 0 aliphatic heterocycles. The highest BCUT2D eigenvalue weighted by atomic mass is 79.9. The SMILES string of the molecule is CCCCNC(=O)[C@H](C)N(Cc1ccc(Br)cc1)C(=O)CN(c1cccc(Cl)c1)S(=O)(=O)c1ccc(Cl)cc1. The van der Waals surface area contributed by atoms with Crippen LogP contribution in [-0.2, 0) is 26.2 Å². The van der Waals surface area contributed by atoms with Gasteiger partial charge in [-0.15, -0.1) is 0 Å². The number of carbonyl (C=O) groups is 2. The van der Waals surface area contributed by atoms with E-state index in [1.165, 1.54) is 35.2 Å². The van der Waals surface area contributed by atoms with Gasteiger partial charge in [-0.25, -0.2) is 8.42 Å². The van der Waals surface area contributed by atoms with Crippen LogP contribution in [0.5, 0.6) is 0 Å². The second kappa shape index (κ2) is 14.2. The maximum Gasteiger partial charge on any atom is 0.264 e. The normalized spacial score (nSPS) is 12.0. The van der Waals surface area contributed by atoms with Crippen molar-refractivity contribution in [2.45, 2.75) is 44.2 Å². The fourth-order valence-corrected chi connectivity index (χ4v) is 5.78. The van der Waals surface area contributed by atoms with Crippen molar-refractivity contribution in [3.63, 3.8) is 0 Å². The van der Waals surface area contributed by atoms with Crippen LogP contribution in [0.25, 0.3) is 0 Å². The van der Waals surface area contributed by atoms with E-state index < -0.39 is 28.5 Å². The van der Waals surface area contributed by atoms with Crippen LogP contribution in [0.3, 0.4) is 0 Å². The molecular formula is C28H30BrCl2N3O4S. The number of unbranched alkanes of at least 4 members (excludes halogenated alkanes) is 1. The molecule has 39 heavy (non-hydrogen) atoms. The number of anilines is 1. The molecule has 0 saturated heterocycles. The molecule has 1 atom stereocenters. The number of amides is 2. The van der Waals surface area contributed by atoms with Crippen LogP contribution < -0.4 is 9.62 Å². The van der Waals surface area contributed by atoms with Crippen molar-refractivity contribution in [2.24, 2.45) is 0 Å². The quantitative estimate of drug-likeness (QED) is 0.233. The molecule has 0 aliphatic rings. The Hall–Kier alpha value is -2.59. The third-order valence-corrected chi connectivity index (χ3v) is 8.84. The van der Waals surface area contributed by atoms with Gasteiger partial charge in [0, 0.05) is 27.6 Å². The van der Waals surface area contributed by atoms with E-state index in [4.69, 9.17) is 23.2 Å². The first-order valence-electron chi connectivity index (χ1n) is 12.4. The molecule has 1 N–H and O–H groups in total. The van der Waals surface area contributed by atoms with E-state index in [1.807, 2.05) is 31.2 Å². The van der Waals surface area contributed by atoms with E-state index in [-0.39, 0.29) is 23.0 Å². The van der Waals surface area contributed by atoms with Gasteiger partial charge in [0.25, 0.3) is 10.0 Å². The molecule has 0 fully saturated rings. The Morgan fingerprint density at radius 2 is 1.64 bits per heavy atom. The van der Waals surface area contributed by atoms with Gasteiger partial charge in [-0.2, -0.15) is 0 Å². The van der Waals surface area contributed by atoms with Gasteiger partial charge in [0.1, 0.15) is 12.6 Å². The summed E-state index contributed by atoms with van der Waals surface area (Å²) < 4.78 is 29.4. The zero-order chi connectivity index (χ0) is 28.6. The van der Waals surface area contributed by atoms with Gasteiger partial charge < -0.3 is 10.2 Å². The molecule has 0 aliphatic carbocycles. The maximum atomic E-state index is 13.9. The fourth-order valence-electron chi connectivity index (χ4n) is 3.80. The van der Waals surface area contributed by atoms with Crippen molar-refractivity contribution >= 4 is 66.7 Å². The highest BCUT2D eigenvalue weighted by molar-refractivity contribution is 9.10. The van der Waals surface area contributed by atoms with Crippen LogP contribution in [0.4, 0.5) is 5.69 Å². The van der Waals surface area contributed by atoms with E-state index in [2.05, 4.69) is 21.2 Å². The summed E-state index contributed by atoms with van der Waals surface area (Å²) >= 11 is 15.6. The summed E-state index contributed by atoms with van der Waals surface area (Å²) in [5.41, 5.74) is 1.00. The minimum atomic E-state index is -4.20. The number of nitrogens with one attached hydrogen (secondary N) is 1. The van der Waals surface area contributed by atoms with Gasteiger partial charge in [-0.05, 0) is 73.5 Å². The lowest BCUT2D eigenvalue weighted by molar-refractivity contribution is -0.139. The molecule has 3 aromatic rings. The second-order valence-corrected chi connectivity index (χ2v) is 12.6. The van der Waals surface area contributed by atoms with Crippen molar-refractivity contribution in [2.75, 3.05) is 17.4 Å². The monoisotopic (exact) mass is 653 g/mol. The Bertz CT molecular complexity index is 1390. The standard InChI is InChI=1S/C28H30BrCl2N3O4S/c1-3-4-16-32-28(36)20(2)33(18-21-8-10-22(29)11-9-21)27(35)19-34(25-7-5-6-24(31)17-25)39(37,38)26-14-12-23(30)13-15-26/h5-15,17,20H,3-4,16,18-19H2,1-2H3,(H,32,36)/t20-/m0/s1. The van der Waals surface area contributed by atoms with Crippen LogP contribution in [0.1, 0.15) is 32.3 Å². The summed E-state index contributed by atoms with van der Waals surface area (Å²) in [5, 5.41) is 3.55. The molecule has 11 heteroatoms. The van der Waals surface area contributed by atoms with Gasteiger partial charge in [0.2, 0.25) is 11.8 Å². The zero-order valence-corrected chi connectivity index (χ0v) is 25.5. The number of halogens is 3. The molecular weight excluding hydrogens is 625 g/mol. The van der Waals surface area contributed by atoms with Crippen molar-refractivity contribution in [3.8, 4) is 0 Å². The summed E-state index contributed by atoms with van der Waals surface area (Å²) in [7, 11) is -4.20. The number of rotatable bonds is 12. The third kappa shape index (κ3) is 8.45. The summed E-state index contributed by atoms with van der Waals surface area (Å²) in [6, 6.07) is 18.5. The van der Waals surface area contributed by atoms with Gasteiger partial charge in [-0.1, -0.05) is 70.7 Å². The predicted octanol–water partition coefficient (Wildman–Crippen LogP) is 6.28. The third-order valence-electron chi connectivity index (χ3n) is 6.04. The van der Waals surface area contributed by atoms with Crippen molar-refractivity contribution in [1.29, 1.82) is 0 Å². The highest BCUT2D eigenvalue weighted by Crippen LogP contribution is 2.27. The summed E-state index contributed by atoms with van der Waals surface area (Å²) in [6.45, 7) is 3.70. The zero-order valence-electron chi connectivity index (χ0n) is 21.6. The van der Waals surface area contributed by atoms with Crippen molar-refractivity contribution < 1.29 is 18.0 Å². The smallest absolute Gasteiger partial charge is 0.264 e. The van der Waals surface area contributed by atoms with Crippen molar-refractivity contribution in [1.82, 2.24) is 10.2 Å². The lowest BCUT2D eigenvalue weighted by atomic mass is 10.1. The van der Waals surface area contributed by atoms with Crippen molar-refractivity contribution in [3.05, 3.63) is 92.9 Å². The van der Waals surface area contributed by atoms with Crippen LogP contribution in [0.2, 0.25) is 10.0 Å². The predicted molar refractivity (Wildman–Crippen MR) is 160 cm³/mol. The van der Waals surface area contributed by atoms with Crippen LogP contribution in [0, 0.1) is 0 Å². The summed E-state index contributed by atoms with van der Waals surface area (Å²) in [5.74, 6) is -0.864. The minimum absolute atomic E-state index is 0.0375. The number of carbonyl (C=O) groups excluding carboxylic acids is 2. The Morgan fingerprint density at radius 3 is 2.26 bits per heavy atom. The van der Waals surface area contributed by atoms with Crippen LogP contribution in [-0.4, -0.2) is 44.3 Å². The van der Waals surface area contributed by atoms with Gasteiger partial charge in [-0.3, -0.25) is 13.9 Å². The van der Waals surface area contributed by atoms with Gasteiger partial charge in [0.05, 0.1) is 10.6 Å². The molecule has 0 spiro atoms. The maximum absolute atomic E-state index is 13.9. The van der Waals surface area contributed by atoms with Crippen LogP contribution in [0.15, 0.2) is 82.2 Å². The lowest BCUT2D eigenvalue weighted by Crippen LogP contribution is -2.51. The van der Waals surface area contributed by atoms with E-state index in [9.17, 15) is 18.0 Å². The molecule has 0 saturated carbocycles. The molecule has 3 rings (SSSR count). The highest BCUT2D eigenvalue weighted by Gasteiger charge is 2.32. The Labute approximate surface area is 248 Å². The molecule has 0 radical (unpaired) electrons. The number of nitrogens with zero attached hydrogens (tertiary/aromatic N) is 2. The van der Waals surface area contributed by atoms with E-state index >= 15 is 0 Å². The van der Waals surface area contributed by atoms with E-state index in [0.717, 1.165) is 27.2 Å². The molecule has 208 valence electrons. The molecule has 7 nitrogen and oxygen atoms in total. The Balaban J connectivity index is 1.99. The average molecular weight is 655 g/mol. The number of hydrogen-bond donors (Lipinski definition) is 1. The first kappa shape index (κ1) is 30.9. The molecule has 0 unspecified atom stereocenters. The first-order valence-corrected chi connectivity index (χ1v) is 15.4. The molecule has 0 bridgehead atoms.